The molecule has 1 aromatic heterocycles. The molecule has 1 saturated heterocycles. The zero-order chi connectivity index (χ0) is 17.0. The number of hydrogen-bond donors (Lipinski definition) is 2. The molecule has 2 amide bonds. The van der Waals surface area contributed by atoms with Crippen LogP contribution in [0.15, 0.2) is 24.5 Å². The Morgan fingerprint density at radius 2 is 2.22 bits per heavy atom. The standard InChI is InChI=1S/C17H25N3O3/c1-12(2)14(13-5-4-7-18-9-13)10-19-16(23)20-8-6-17(3,11-20)15(21)22/h4-5,7,9,12,14H,6,8,10-11H2,1-3H3,(H,19,23)(H,21,22). The molecule has 2 atom stereocenters. The fourth-order valence-electron chi connectivity index (χ4n) is 2.95. The number of aliphatic carboxylic acids is 1. The lowest BCUT2D eigenvalue weighted by Crippen LogP contribution is -2.42. The van der Waals surface area contributed by atoms with E-state index in [1.165, 1.54) is 0 Å². The van der Waals surface area contributed by atoms with E-state index < -0.39 is 11.4 Å². The van der Waals surface area contributed by atoms with Crippen molar-refractivity contribution in [3.05, 3.63) is 30.1 Å². The molecule has 1 aliphatic heterocycles. The van der Waals surface area contributed by atoms with Gasteiger partial charge in [-0.1, -0.05) is 19.9 Å². The molecule has 6 nitrogen and oxygen atoms in total. The number of carboxylic acid groups (broad SMARTS) is 1. The Balaban J connectivity index is 1.94. The summed E-state index contributed by atoms with van der Waals surface area (Å²) in [5.74, 6) is -0.299. The molecule has 6 heteroatoms. The van der Waals surface area contributed by atoms with Gasteiger partial charge in [0, 0.05) is 37.9 Å². The largest absolute Gasteiger partial charge is 0.481 e. The van der Waals surface area contributed by atoms with Crippen LogP contribution in [0.5, 0.6) is 0 Å². The molecule has 0 spiro atoms. The number of pyridine rings is 1. The van der Waals surface area contributed by atoms with Gasteiger partial charge in [-0.15, -0.1) is 0 Å². The minimum absolute atomic E-state index is 0.182. The first-order valence-electron chi connectivity index (χ1n) is 7.99. The Hall–Kier alpha value is -2.11. The predicted octanol–water partition coefficient (Wildman–Crippen LogP) is 2.33. The van der Waals surface area contributed by atoms with Gasteiger partial charge in [-0.3, -0.25) is 9.78 Å². The molecule has 0 saturated carbocycles. The van der Waals surface area contributed by atoms with Crippen LogP contribution in [0.2, 0.25) is 0 Å². The first kappa shape index (κ1) is 17.2. The van der Waals surface area contributed by atoms with Crippen LogP contribution in [0.3, 0.4) is 0 Å². The number of carboxylic acids is 1. The van der Waals surface area contributed by atoms with E-state index in [4.69, 9.17) is 0 Å². The molecular weight excluding hydrogens is 294 g/mol. The van der Waals surface area contributed by atoms with Crippen LogP contribution in [-0.2, 0) is 4.79 Å². The molecule has 1 aliphatic rings. The number of nitrogens with zero attached hydrogens (tertiary/aromatic N) is 2. The highest BCUT2D eigenvalue weighted by atomic mass is 16.4. The van der Waals surface area contributed by atoms with Gasteiger partial charge in [-0.25, -0.2) is 4.79 Å². The zero-order valence-electron chi connectivity index (χ0n) is 14.0. The Bertz CT molecular complexity index is 561. The maximum absolute atomic E-state index is 12.3. The van der Waals surface area contributed by atoms with E-state index in [2.05, 4.69) is 24.1 Å². The Morgan fingerprint density at radius 1 is 1.48 bits per heavy atom. The number of carbonyl (C=O) groups excluding carboxylic acids is 1. The molecule has 2 heterocycles. The Kier molecular flexibility index (Phi) is 5.23. The lowest BCUT2D eigenvalue weighted by atomic mass is 9.89. The molecule has 1 aromatic rings. The predicted molar refractivity (Wildman–Crippen MR) is 87.1 cm³/mol. The number of urea groups is 1. The molecular formula is C17H25N3O3. The van der Waals surface area contributed by atoms with E-state index in [0.717, 1.165) is 5.56 Å². The number of likely N-dealkylation sites (tertiary alicyclic amines) is 1. The van der Waals surface area contributed by atoms with Gasteiger partial charge < -0.3 is 15.3 Å². The molecule has 0 aromatic carbocycles. The van der Waals surface area contributed by atoms with Gasteiger partial charge in [0.2, 0.25) is 0 Å². The number of nitrogens with one attached hydrogen (secondary N) is 1. The van der Waals surface area contributed by atoms with Crippen molar-refractivity contribution in [2.24, 2.45) is 11.3 Å². The van der Waals surface area contributed by atoms with Gasteiger partial charge in [-0.2, -0.15) is 0 Å². The third-order valence-electron chi connectivity index (χ3n) is 4.67. The highest BCUT2D eigenvalue weighted by Crippen LogP contribution is 2.30. The number of rotatable bonds is 5. The summed E-state index contributed by atoms with van der Waals surface area (Å²) >= 11 is 0. The molecule has 2 unspecified atom stereocenters. The van der Waals surface area contributed by atoms with E-state index >= 15 is 0 Å². The second kappa shape index (κ2) is 6.98. The van der Waals surface area contributed by atoms with E-state index in [1.807, 2.05) is 18.3 Å². The number of hydrogen-bond acceptors (Lipinski definition) is 3. The summed E-state index contributed by atoms with van der Waals surface area (Å²) in [6.45, 7) is 7.17. The maximum Gasteiger partial charge on any atom is 0.317 e. The highest BCUT2D eigenvalue weighted by molar-refractivity contribution is 5.79. The maximum atomic E-state index is 12.3. The highest BCUT2D eigenvalue weighted by Gasteiger charge is 2.42. The topological polar surface area (TPSA) is 82.5 Å². The molecule has 1 fully saturated rings. The van der Waals surface area contributed by atoms with Crippen LogP contribution in [0.25, 0.3) is 0 Å². The van der Waals surface area contributed by atoms with Gasteiger partial charge in [0.25, 0.3) is 0 Å². The number of carbonyl (C=O) groups is 2. The van der Waals surface area contributed by atoms with Gasteiger partial charge in [-0.05, 0) is 30.9 Å². The minimum atomic E-state index is -0.844. The Labute approximate surface area is 136 Å². The molecule has 2 N–H and O–H groups in total. The van der Waals surface area contributed by atoms with Crippen molar-refractivity contribution in [3.63, 3.8) is 0 Å². The fourth-order valence-corrected chi connectivity index (χ4v) is 2.95. The van der Waals surface area contributed by atoms with Gasteiger partial charge in [0.05, 0.1) is 5.41 Å². The van der Waals surface area contributed by atoms with Crippen LogP contribution in [0, 0.1) is 11.3 Å². The van der Waals surface area contributed by atoms with E-state index in [1.54, 1.807) is 18.0 Å². The minimum Gasteiger partial charge on any atom is -0.481 e. The van der Waals surface area contributed by atoms with Crippen molar-refractivity contribution in [2.45, 2.75) is 33.1 Å². The SMILES string of the molecule is CC(C)C(CNC(=O)N1CCC(C)(C(=O)O)C1)c1cccnc1. The van der Waals surface area contributed by atoms with E-state index in [-0.39, 0.29) is 18.5 Å². The monoisotopic (exact) mass is 319 g/mol. The fraction of sp³-hybridized carbons (Fsp3) is 0.588. The van der Waals surface area contributed by atoms with Crippen molar-refractivity contribution in [1.82, 2.24) is 15.2 Å². The average Bonchev–Trinajstić information content (AvgIpc) is 2.92. The molecule has 126 valence electrons. The number of aromatic nitrogens is 1. The van der Waals surface area contributed by atoms with Crippen molar-refractivity contribution in [1.29, 1.82) is 0 Å². The molecule has 0 bridgehead atoms. The smallest absolute Gasteiger partial charge is 0.317 e. The summed E-state index contributed by atoms with van der Waals surface area (Å²) in [7, 11) is 0. The van der Waals surface area contributed by atoms with Crippen molar-refractivity contribution < 1.29 is 14.7 Å². The van der Waals surface area contributed by atoms with E-state index in [0.29, 0.717) is 25.4 Å². The van der Waals surface area contributed by atoms with Crippen LogP contribution in [0.4, 0.5) is 4.79 Å². The zero-order valence-corrected chi connectivity index (χ0v) is 14.0. The van der Waals surface area contributed by atoms with Gasteiger partial charge in [0.1, 0.15) is 0 Å². The average molecular weight is 319 g/mol. The van der Waals surface area contributed by atoms with Crippen molar-refractivity contribution in [3.8, 4) is 0 Å². The van der Waals surface area contributed by atoms with Gasteiger partial charge >= 0.3 is 12.0 Å². The normalized spacial score (nSPS) is 22.2. The summed E-state index contributed by atoms with van der Waals surface area (Å²) in [6.07, 6.45) is 4.05. The van der Waals surface area contributed by atoms with Crippen LogP contribution in [-0.4, -0.2) is 46.6 Å². The lowest BCUT2D eigenvalue weighted by Gasteiger charge is -2.24. The summed E-state index contributed by atoms with van der Waals surface area (Å²) in [5, 5.41) is 12.2. The lowest BCUT2D eigenvalue weighted by molar-refractivity contribution is -0.146. The molecule has 23 heavy (non-hydrogen) atoms. The summed E-state index contributed by atoms with van der Waals surface area (Å²) in [4.78, 5) is 29.3. The molecule has 0 radical (unpaired) electrons. The van der Waals surface area contributed by atoms with Crippen molar-refractivity contribution >= 4 is 12.0 Å². The second-order valence-electron chi connectivity index (χ2n) is 6.86. The third kappa shape index (κ3) is 4.00. The summed E-state index contributed by atoms with van der Waals surface area (Å²) in [6, 6.07) is 3.72. The van der Waals surface area contributed by atoms with Crippen LogP contribution in [0.1, 0.15) is 38.7 Å². The third-order valence-corrected chi connectivity index (χ3v) is 4.67. The van der Waals surface area contributed by atoms with Crippen LogP contribution >= 0.6 is 0 Å². The molecule has 0 aliphatic carbocycles. The first-order chi connectivity index (χ1) is 10.8. The van der Waals surface area contributed by atoms with Crippen LogP contribution < -0.4 is 5.32 Å². The Morgan fingerprint density at radius 3 is 2.74 bits per heavy atom. The quantitative estimate of drug-likeness (QED) is 0.872. The van der Waals surface area contributed by atoms with E-state index in [9.17, 15) is 14.7 Å². The number of amides is 2. The molecule has 2 rings (SSSR count). The van der Waals surface area contributed by atoms with Crippen molar-refractivity contribution in [2.75, 3.05) is 19.6 Å². The summed E-state index contributed by atoms with van der Waals surface area (Å²) in [5.41, 5.74) is 0.262. The first-order valence-corrected chi connectivity index (χ1v) is 7.99. The summed E-state index contributed by atoms with van der Waals surface area (Å²) < 4.78 is 0. The van der Waals surface area contributed by atoms with Gasteiger partial charge in [0.15, 0.2) is 0 Å². The second-order valence-corrected chi connectivity index (χ2v) is 6.86.